The van der Waals surface area contributed by atoms with E-state index >= 15 is 0 Å². The average Bonchev–Trinajstić information content (AvgIpc) is 2.53. The van der Waals surface area contributed by atoms with Crippen molar-refractivity contribution < 1.29 is 9.72 Å². The number of rotatable bonds is 4. The average molecular weight is 298 g/mol. The highest BCUT2D eigenvalue weighted by atomic mass is 16.6. The van der Waals surface area contributed by atoms with Gasteiger partial charge in [0.25, 0.3) is 5.69 Å². The molecule has 0 unspecified atom stereocenters. The lowest BCUT2D eigenvalue weighted by Gasteiger charge is -2.05. The molecule has 0 atom stereocenters. The Bertz CT molecular complexity index is 696. The number of anilines is 1. The molecule has 22 heavy (non-hydrogen) atoms. The van der Waals surface area contributed by atoms with Crippen LogP contribution in [0, 0.1) is 10.1 Å². The highest BCUT2D eigenvalue weighted by molar-refractivity contribution is 6.00. The van der Waals surface area contributed by atoms with Gasteiger partial charge in [-0.2, -0.15) is 5.10 Å². The number of hydrogen-bond acceptors (Lipinski definition) is 4. The van der Waals surface area contributed by atoms with Crippen LogP contribution >= 0.6 is 0 Å². The first-order chi connectivity index (χ1) is 10.6. The number of hydrazone groups is 1. The third-order valence-corrected chi connectivity index (χ3v) is 2.85. The lowest BCUT2D eigenvalue weighted by atomic mass is 10.1. The molecule has 2 rings (SSSR count). The molecule has 7 heteroatoms. The van der Waals surface area contributed by atoms with Crippen LogP contribution in [0.15, 0.2) is 59.7 Å². The van der Waals surface area contributed by atoms with Crippen LogP contribution in [0.1, 0.15) is 12.5 Å². The summed E-state index contributed by atoms with van der Waals surface area (Å²) in [6.07, 6.45) is 0. The first-order valence-corrected chi connectivity index (χ1v) is 6.47. The maximum atomic E-state index is 11.7. The summed E-state index contributed by atoms with van der Waals surface area (Å²) in [7, 11) is 0. The van der Waals surface area contributed by atoms with Crippen LogP contribution in [0.3, 0.4) is 0 Å². The van der Waals surface area contributed by atoms with Gasteiger partial charge in [0.1, 0.15) is 0 Å². The van der Waals surface area contributed by atoms with Crippen molar-refractivity contribution in [3.63, 3.8) is 0 Å². The molecule has 0 aliphatic heterocycles. The van der Waals surface area contributed by atoms with Gasteiger partial charge in [0.2, 0.25) is 0 Å². The largest absolute Gasteiger partial charge is 0.339 e. The molecule has 0 radical (unpaired) electrons. The summed E-state index contributed by atoms with van der Waals surface area (Å²) in [4.78, 5) is 21.8. The zero-order chi connectivity index (χ0) is 15.9. The van der Waals surface area contributed by atoms with Crippen LogP contribution in [-0.2, 0) is 0 Å². The predicted octanol–water partition coefficient (Wildman–Crippen LogP) is 3.14. The van der Waals surface area contributed by atoms with Gasteiger partial charge in [-0.1, -0.05) is 18.2 Å². The van der Waals surface area contributed by atoms with Gasteiger partial charge in [0.15, 0.2) is 0 Å². The minimum atomic E-state index is -0.470. The molecule has 0 saturated heterocycles. The second kappa shape index (κ2) is 6.98. The Morgan fingerprint density at radius 1 is 1.09 bits per heavy atom. The fraction of sp³-hybridized carbons (Fsp3) is 0.0667. The number of para-hydroxylation sites is 1. The number of amides is 2. The van der Waals surface area contributed by atoms with E-state index in [9.17, 15) is 14.9 Å². The molecular weight excluding hydrogens is 284 g/mol. The number of benzene rings is 2. The molecule has 0 aliphatic carbocycles. The second-order valence-corrected chi connectivity index (χ2v) is 4.43. The molecule has 0 saturated carbocycles. The van der Waals surface area contributed by atoms with Gasteiger partial charge >= 0.3 is 6.03 Å². The van der Waals surface area contributed by atoms with E-state index in [1.807, 2.05) is 6.07 Å². The molecule has 7 nitrogen and oxygen atoms in total. The number of nitrogens with one attached hydrogen (secondary N) is 2. The zero-order valence-electron chi connectivity index (χ0n) is 11.8. The Hall–Kier alpha value is -3.22. The number of nitrogens with zero attached hydrogens (tertiary/aromatic N) is 2. The van der Waals surface area contributed by atoms with Crippen molar-refractivity contribution in [2.24, 2.45) is 5.10 Å². The first-order valence-electron chi connectivity index (χ1n) is 6.47. The summed E-state index contributed by atoms with van der Waals surface area (Å²) < 4.78 is 0. The Kier molecular flexibility index (Phi) is 4.81. The Labute approximate surface area is 126 Å². The Morgan fingerprint density at radius 2 is 1.73 bits per heavy atom. The van der Waals surface area contributed by atoms with Crippen molar-refractivity contribution in [3.8, 4) is 0 Å². The zero-order valence-corrected chi connectivity index (χ0v) is 11.8. The van der Waals surface area contributed by atoms with Crippen LogP contribution in [-0.4, -0.2) is 16.7 Å². The van der Waals surface area contributed by atoms with Gasteiger partial charge in [0.05, 0.1) is 10.6 Å². The number of carbonyl (C=O) groups is 1. The van der Waals surface area contributed by atoms with E-state index in [2.05, 4.69) is 15.8 Å². The summed E-state index contributed by atoms with van der Waals surface area (Å²) in [5.74, 6) is 0. The summed E-state index contributed by atoms with van der Waals surface area (Å²) in [6, 6.07) is 14.4. The molecule has 0 bridgehead atoms. The molecule has 0 spiro atoms. The maximum Gasteiger partial charge on any atom is 0.339 e. The van der Waals surface area contributed by atoms with Crippen molar-refractivity contribution >= 4 is 23.1 Å². The third-order valence-electron chi connectivity index (χ3n) is 2.85. The molecular formula is C15H14N4O3. The van der Waals surface area contributed by atoms with Crippen LogP contribution < -0.4 is 10.7 Å². The topological polar surface area (TPSA) is 96.6 Å². The fourth-order valence-electron chi connectivity index (χ4n) is 1.70. The summed E-state index contributed by atoms with van der Waals surface area (Å²) >= 11 is 0. The van der Waals surface area contributed by atoms with Crippen molar-refractivity contribution in [3.05, 3.63) is 70.3 Å². The molecule has 2 amide bonds. The summed E-state index contributed by atoms with van der Waals surface area (Å²) in [6.45, 7) is 1.70. The molecule has 112 valence electrons. The number of urea groups is 1. The van der Waals surface area contributed by atoms with E-state index in [4.69, 9.17) is 0 Å². The predicted molar refractivity (Wildman–Crippen MR) is 83.9 cm³/mol. The molecule has 0 aliphatic rings. The molecule has 0 fully saturated rings. The number of hydrogen-bond donors (Lipinski definition) is 2. The van der Waals surface area contributed by atoms with Gasteiger partial charge in [-0.3, -0.25) is 10.1 Å². The van der Waals surface area contributed by atoms with Crippen LogP contribution in [0.4, 0.5) is 16.2 Å². The molecule has 2 N–H and O–H groups in total. The smallest absolute Gasteiger partial charge is 0.307 e. The third kappa shape index (κ3) is 4.14. The van der Waals surface area contributed by atoms with Crippen molar-refractivity contribution in [1.82, 2.24) is 5.43 Å². The minimum absolute atomic E-state index is 0.00586. The van der Waals surface area contributed by atoms with E-state index in [-0.39, 0.29) is 5.69 Å². The van der Waals surface area contributed by atoms with Gasteiger partial charge in [-0.15, -0.1) is 0 Å². The number of nitro groups is 1. The maximum absolute atomic E-state index is 11.7. The van der Waals surface area contributed by atoms with E-state index in [0.29, 0.717) is 17.0 Å². The first kappa shape index (κ1) is 15.2. The molecule has 0 heterocycles. The summed E-state index contributed by atoms with van der Waals surface area (Å²) in [5, 5.41) is 17.2. The fourth-order valence-corrected chi connectivity index (χ4v) is 1.70. The van der Waals surface area contributed by atoms with Gasteiger partial charge in [-0.05, 0) is 36.8 Å². The van der Waals surface area contributed by atoms with Gasteiger partial charge < -0.3 is 5.32 Å². The van der Waals surface area contributed by atoms with Gasteiger partial charge in [-0.25, -0.2) is 10.2 Å². The van der Waals surface area contributed by atoms with Crippen molar-refractivity contribution in [2.45, 2.75) is 6.92 Å². The SMILES string of the molecule is C/C(=N/NC(=O)Nc1ccccc1)c1ccc([N+](=O)[O-])cc1. The standard InChI is InChI=1S/C15H14N4O3/c1-11(12-7-9-14(10-8-12)19(21)22)17-18-15(20)16-13-5-3-2-4-6-13/h2-10H,1H3,(H2,16,18,20)/b17-11-. The van der Waals surface area contributed by atoms with Crippen molar-refractivity contribution in [1.29, 1.82) is 0 Å². The monoisotopic (exact) mass is 298 g/mol. The van der Waals surface area contributed by atoms with Crippen LogP contribution in [0.5, 0.6) is 0 Å². The van der Waals surface area contributed by atoms with Crippen LogP contribution in [0.25, 0.3) is 0 Å². The van der Waals surface area contributed by atoms with Crippen molar-refractivity contribution in [2.75, 3.05) is 5.32 Å². The summed E-state index contributed by atoms with van der Waals surface area (Å²) in [5.41, 5.74) is 4.26. The van der Waals surface area contributed by atoms with E-state index in [1.54, 1.807) is 43.3 Å². The van der Waals surface area contributed by atoms with Gasteiger partial charge in [0, 0.05) is 17.8 Å². The highest BCUT2D eigenvalue weighted by Gasteiger charge is 2.06. The highest BCUT2D eigenvalue weighted by Crippen LogP contribution is 2.12. The normalized spacial score (nSPS) is 10.9. The minimum Gasteiger partial charge on any atom is -0.307 e. The van der Waals surface area contributed by atoms with Crippen LogP contribution in [0.2, 0.25) is 0 Å². The Morgan fingerprint density at radius 3 is 2.32 bits per heavy atom. The quantitative estimate of drug-likeness (QED) is 0.515. The number of non-ortho nitro benzene ring substituents is 1. The Balaban J connectivity index is 1.97. The lowest BCUT2D eigenvalue weighted by Crippen LogP contribution is -2.25. The number of nitro benzene ring substituents is 1. The van der Waals surface area contributed by atoms with E-state index < -0.39 is 11.0 Å². The van der Waals surface area contributed by atoms with E-state index in [1.165, 1.54) is 12.1 Å². The number of carbonyl (C=O) groups excluding carboxylic acids is 1. The molecule has 2 aromatic carbocycles. The lowest BCUT2D eigenvalue weighted by molar-refractivity contribution is -0.384. The second-order valence-electron chi connectivity index (χ2n) is 4.43. The van der Waals surface area contributed by atoms with E-state index in [0.717, 1.165) is 0 Å². The molecule has 2 aromatic rings. The molecule has 0 aromatic heterocycles.